The van der Waals surface area contributed by atoms with E-state index in [1.54, 1.807) is 36.4 Å². The molecule has 2 aromatic carbocycles. The second-order valence-corrected chi connectivity index (χ2v) is 8.17. The lowest BCUT2D eigenvalue weighted by Gasteiger charge is -2.19. The highest BCUT2D eigenvalue weighted by Gasteiger charge is 2.29. The minimum atomic E-state index is -3.30. The Kier molecular flexibility index (Phi) is 4.71. The summed E-state index contributed by atoms with van der Waals surface area (Å²) in [4.78, 5) is 12.2. The normalized spacial score (nSPS) is 16.2. The fourth-order valence-electron chi connectivity index (χ4n) is 2.54. The van der Waals surface area contributed by atoms with Crippen LogP contribution in [0.5, 0.6) is 0 Å². The monoisotopic (exact) mass is 384 g/mol. The van der Waals surface area contributed by atoms with Crippen molar-refractivity contribution >= 4 is 50.5 Å². The van der Waals surface area contributed by atoms with E-state index in [0.29, 0.717) is 34.9 Å². The zero-order valence-electron chi connectivity index (χ0n) is 12.5. The maximum Gasteiger partial charge on any atom is 0.257 e. The molecule has 2 aromatic rings. The third-order valence-corrected chi connectivity index (χ3v) is 6.18. The topological polar surface area (TPSA) is 66.5 Å². The number of benzene rings is 2. The number of sulfonamides is 1. The summed E-state index contributed by atoms with van der Waals surface area (Å²) in [7, 11) is -3.30. The van der Waals surface area contributed by atoms with Crippen molar-refractivity contribution < 1.29 is 13.2 Å². The van der Waals surface area contributed by atoms with E-state index in [2.05, 4.69) is 5.32 Å². The molecule has 1 aliphatic rings. The quantitative estimate of drug-likeness (QED) is 0.875. The average molecular weight is 385 g/mol. The van der Waals surface area contributed by atoms with Gasteiger partial charge in [0.25, 0.3) is 5.91 Å². The predicted octanol–water partition coefficient (Wildman–Crippen LogP) is 3.79. The molecule has 0 radical (unpaired) electrons. The van der Waals surface area contributed by atoms with E-state index in [1.165, 1.54) is 10.4 Å². The zero-order valence-corrected chi connectivity index (χ0v) is 14.8. The number of carbonyl (C=O) groups is 1. The number of anilines is 2. The third kappa shape index (κ3) is 3.36. The van der Waals surface area contributed by atoms with Crippen LogP contribution in [0.3, 0.4) is 0 Å². The van der Waals surface area contributed by atoms with Gasteiger partial charge in [0.1, 0.15) is 0 Å². The van der Waals surface area contributed by atoms with E-state index < -0.39 is 10.0 Å². The van der Waals surface area contributed by atoms with Crippen LogP contribution >= 0.6 is 23.2 Å². The smallest absolute Gasteiger partial charge is 0.257 e. The van der Waals surface area contributed by atoms with E-state index >= 15 is 0 Å². The summed E-state index contributed by atoms with van der Waals surface area (Å²) in [5.74, 6) is -0.243. The van der Waals surface area contributed by atoms with E-state index in [1.807, 2.05) is 0 Å². The molecule has 8 heteroatoms. The van der Waals surface area contributed by atoms with E-state index in [9.17, 15) is 13.2 Å². The molecule has 1 fully saturated rings. The number of halogens is 2. The highest BCUT2D eigenvalue weighted by Crippen LogP contribution is 2.33. The summed E-state index contributed by atoms with van der Waals surface area (Å²) in [6, 6.07) is 11.4. The number of nitrogens with one attached hydrogen (secondary N) is 1. The molecule has 5 nitrogen and oxygen atoms in total. The summed E-state index contributed by atoms with van der Waals surface area (Å²) >= 11 is 12.2. The lowest BCUT2D eigenvalue weighted by molar-refractivity contribution is 0.102. The van der Waals surface area contributed by atoms with Gasteiger partial charge in [0.2, 0.25) is 10.0 Å². The number of nitrogens with zero attached hydrogens (tertiary/aromatic N) is 1. The van der Waals surface area contributed by atoms with Crippen molar-refractivity contribution in [3.63, 3.8) is 0 Å². The third-order valence-electron chi connectivity index (χ3n) is 3.69. The van der Waals surface area contributed by atoms with Crippen molar-refractivity contribution in [2.75, 3.05) is 21.9 Å². The maximum atomic E-state index is 12.2. The minimum absolute atomic E-state index is 0.119. The second kappa shape index (κ2) is 6.63. The van der Waals surface area contributed by atoms with Gasteiger partial charge in [0.05, 0.1) is 27.0 Å². The molecular weight excluding hydrogens is 371 g/mol. The molecule has 1 saturated heterocycles. The fourth-order valence-corrected chi connectivity index (χ4v) is 4.68. The molecule has 0 atom stereocenters. The highest BCUT2D eigenvalue weighted by atomic mass is 35.5. The molecule has 1 aliphatic heterocycles. The Morgan fingerprint density at radius 3 is 2.46 bits per heavy atom. The van der Waals surface area contributed by atoms with E-state index in [4.69, 9.17) is 23.2 Å². The van der Waals surface area contributed by atoms with Gasteiger partial charge in [0.15, 0.2) is 0 Å². The molecule has 0 spiro atoms. The van der Waals surface area contributed by atoms with Gasteiger partial charge in [-0.25, -0.2) is 8.42 Å². The standard InChI is InChI=1S/C16H14Cl2N2O3S/c17-13-5-2-1-4-12(13)16(21)19-11-6-7-15(14(18)10-11)20-8-3-9-24(20,22)23/h1-2,4-7,10H,3,8-9H2,(H,19,21). The van der Waals surface area contributed by atoms with Crippen LogP contribution in [0.4, 0.5) is 11.4 Å². The maximum absolute atomic E-state index is 12.2. The molecular formula is C16H14Cl2N2O3S. The summed E-state index contributed by atoms with van der Waals surface area (Å²) in [6.07, 6.45) is 0.573. The molecule has 126 valence electrons. The number of hydrogen-bond acceptors (Lipinski definition) is 3. The Labute approximate surface area is 150 Å². The predicted molar refractivity (Wildman–Crippen MR) is 96.6 cm³/mol. The summed E-state index contributed by atoms with van der Waals surface area (Å²) in [5.41, 5.74) is 1.23. The SMILES string of the molecule is O=C(Nc1ccc(N2CCCS2(=O)=O)c(Cl)c1)c1ccccc1Cl. The summed E-state index contributed by atoms with van der Waals surface area (Å²) < 4.78 is 25.3. The number of carbonyl (C=O) groups excluding carboxylic acids is 1. The molecule has 0 aromatic heterocycles. The van der Waals surface area contributed by atoms with Crippen molar-refractivity contribution in [3.8, 4) is 0 Å². The van der Waals surface area contributed by atoms with Crippen LogP contribution < -0.4 is 9.62 Å². The Morgan fingerprint density at radius 2 is 1.83 bits per heavy atom. The van der Waals surface area contributed by atoms with Gasteiger partial charge in [-0.2, -0.15) is 0 Å². The first-order chi connectivity index (χ1) is 11.4. The van der Waals surface area contributed by atoms with Gasteiger partial charge in [-0.1, -0.05) is 35.3 Å². The molecule has 1 heterocycles. The van der Waals surface area contributed by atoms with Crippen LogP contribution in [0.1, 0.15) is 16.8 Å². The number of amides is 1. The van der Waals surface area contributed by atoms with Crippen molar-refractivity contribution in [3.05, 3.63) is 58.1 Å². The van der Waals surface area contributed by atoms with Gasteiger partial charge in [0, 0.05) is 12.2 Å². The van der Waals surface area contributed by atoms with Gasteiger partial charge in [-0.15, -0.1) is 0 Å². The van der Waals surface area contributed by atoms with Crippen molar-refractivity contribution in [2.45, 2.75) is 6.42 Å². The fraction of sp³-hybridized carbons (Fsp3) is 0.188. The van der Waals surface area contributed by atoms with Crippen LogP contribution in [-0.4, -0.2) is 26.6 Å². The molecule has 3 rings (SSSR count). The van der Waals surface area contributed by atoms with Crippen molar-refractivity contribution in [2.24, 2.45) is 0 Å². The van der Waals surface area contributed by atoms with Crippen LogP contribution in [0.2, 0.25) is 10.0 Å². The lowest BCUT2D eigenvalue weighted by Crippen LogP contribution is -2.25. The highest BCUT2D eigenvalue weighted by molar-refractivity contribution is 7.93. The van der Waals surface area contributed by atoms with E-state index in [0.717, 1.165) is 0 Å². The Hall–Kier alpha value is -1.76. The van der Waals surface area contributed by atoms with Gasteiger partial charge >= 0.3 is 0 Å². The van der Waals surface area contributed by atoms with E-state index in [-0.39, 0.29) is 16.7 Å². The first-order valence-electron chi connectivity index (χ1n) is 7.24. The van der Waals surface area contributed by atoms with Crippen molar-refractivity contribution in [1.82, 2.24) is 0 Å². The minimum Gasteiger partial charge on any atom is -0.322 e. The lowest BCUT2D eigenvalue weighted by atomic mass is 10.2. The van der Waals surface area contributed by atoms with Crippen LogP contribution in [0, 0.1) is 0 Å². The first-order valence-corrected chi connectivity index (χ1v) is 9.61. The molecule has 24 heavy (non-hydrogen) atoms. The summed E-state index contributed by atoms with van der Waals surface area (Å²) in [5, 5.41) is 3.31. The van der Waals surface area contributed by atoms with Gasteiger partial charge in [-0.05, 0) is 36.8 Å². The van der Waals surface area contributed by atoms with Gasteiger partial charge in [-0.3, -0.25) is 9.10 Å². The van der Waals surface area contributed by atoms with Gasteiger partial charge < -0.3 is 5.32 Å². The van der Waals surface area contributed by atoms with Crippen LogP contribution in [-0.2, 0) is 10.0 Å². The molecule has 1 N–H and O–H groups in total. The molecule has 1 amide bonds. The Bertz CT molecular complexity index is 900. The Morgan fingerprint density at radius 1 is 1.08 bits per heavy atom. The van der Waals surface area contributed by atoms with Crippen LogP contribution in [0.25, 0.3) is 0 Å². The average Bonchev–Trinajstić information content (AvgIpc) is 2.87. The first kappa shape index (κ1) is 17.1. The second-order valence-electron chi connectivity index (χ2n) is 5.34. The number of rotatable bonds is 3. The van der Waals surface area contributed by atoms with Crippen molar-refractivity contribution in [1.29, 1.82) is 0 Å². The van der Waals surface area contributed by atoms with Crippen LogP contribution in [0.15, 0.2) is 42.5 Å². The molecule has 0 bridgehead atoms. The summed E-state index contributed by atoms with van der Waals surface area (Å²) in [6.45, 7) is 0.410. The Balaban J connectivity index is 1.83. The molecule has 0 saturated carbocycles. The largest absolute Gasteiger partial charge is 0.322 e. The molecule has 0 unspecified atom stereocenters. The zero-order chi connectivity index (χ0) is 17.3. The molecule has 0 aliphatic carbocycles. The number of hydrogen-bond donors (Lipinski definition) is 1.